The number of nitrogens with one attached hydrogen (secondary N) is 1. The molecule has 0 bridgehead atoms. The number of nitrogens with two attached hydrogens (primary N) is 1. The van der Waals surface area contributed by atoms with Crippen LogP contribution in [0.5, 0.6) is 11.5 Å². The van der Waals surface area contributed by atoms with E-state index in [1.54, 1.807) is 0 Å². The first-order chi connectivity index (χ1) is 10.6. The van der Waals surface area contributed by atoms with Gasteiger partial charge in [0, 0.05) is 12.5 Å². The third-order valence-electron chi connectivity index (χ3n) is 3.52. The molecule has 1 amide bonds. The van der Waals surface area contributed by atoms with Gasteiger partial charge in [-0.3, -0.25) is 4.79 Å². The summed E-state index contributed by atoms with van der Waals surface area (Å²) in [5, 5.41) is 2.96. The number of para-hydroxylation sites is 1. The fraction of sp³-hybridized carbons (Fsp3) is 0.278. The summed E-state index contributed by atoms with van der Waals surface area (Å²) in [7, 11) is 0. The third-order valence-corrected chi connectivity index (χ3v) is 3.52. The Balaban J connectivity index is 0.00000264. The molecule has 23 heavy (non-hydrogen) atoms. The summed E-state index contributed by atoms with van der Waals surface area (Å²) in [5.41, 5.74) is 6.53. The fourth-order valence-corrected chi connectivity index (χ4v) is 2.00. The van der Waals surface area contributed by atoms with Crippen molar-refractivity contribution < 1.29 is 9.53 Å². The van der Waals surface area contributed by atoms with Gasteiger partial charge in [-0.05, 0) is 36.8 Å². The van der Waals surface area contributed by atoms with Crippen molar-refractivity contribution in [3.63, 3.8) is 0 Å². The first kappa shape index (κ1) is 19.0. The lowest BCUT2D eigenvalue weighted by Crippen LogP contribution is -2.34. The second-order valence-electron chi connectivity index (χ2n) is 5.35. The van der Waals surface area contributed by atoms with E-state index in [9.17, 15) is 4.79 Å². The van der Waals surface area contributed by atoms with Gasteiger partial charge in [0.1, 0.15) is 11.5 Å². The summed E-state index contributed by atoms with van der Waals surface area (Å²) < 4.78 is 5.75. The first-order valence-electron chi connectivity index (χ1n) is 7.43. The van der Waals surface area contributed by atoms with Crippen molar-refractivity contribution in [1.29, 1.82) is 0 Å². The normalized spacial score (nSPS) is 12.7. The van der Waals surface area contributed by atoms with Crippen molar-refractivity contribution >= 4 is 18.3 Å². The van der Waals surface area contributed by atoms with Gasteiger partial charge in [0.05, 0.1) is 6.04 Å². The predicted octanol–water partition coefficient (Wildman–Crippen LogP) is 3.67. The Labute approximate surface area is 143 Å². The number of carbonyl (C=O) groups is 1. The maximum atomic E-state index is 11.9. The summed E-state index contributed by atoms with van der Waals surface area (Å²) in [4.78, 5) is 11.9. The molecule has 0 aliphatic carbocycles. The molecule has 2 aromatic carbocycles. The lowest BCUT2D eigenvalue weighted by Gasteiger charge is -2.17. The van der Waals surface area contributed by atoms with E-state index >= 15 is 0 Å². The lowest BCUT2D eigenvalue weighted by atomic mass is 10.1. The molecule has 0 heterocycles. The highest BCUT2D eigenvalue weighted by Gasteiger charge is 2.14. The molecule has 0 aliphatic rings. The van der Waals surface area contributed by atoms with E-state index < -0.39 is 0 Å². The maximum Gasteiger partial charge on any atom is 0.224 e. The van der Waals surface area contributed by atoms with Crippen LogP contribution >= 0.6 is 12.4 Å². The average Bonchev–Trinajstić information content (AvgIpc) is 2.55. The van der Waals surface area contributed by atoms with Crippen LogP contribution in [-0.2, 0) is 4.79 Å². The molecule has 0 aliphatic heterocycles. The molecule has 2 atom stereocenters. The molecular formula is C18H23ClN2O2. The van der Waals surface area contributed by atoms with E-state index in [2.05, 4.69) is 5.32 Å². The first-order valence-corrected chi connectivity index (χ1v) is 7.43. The largest absolute Gasteiger partial charge is 0.457 e. The third kappa shape index (κ3) is 5.58. The SMILES string of the molecule is CC(CN)C(=O)NC(C)c1ccc(Oc2ccccc2)cc1.Cl. The van der Waals surface area contributed by atoms with Gasteiger partial charge in [-0.1, -0.05) is 37.3 Å². The van der Waals surface area contributed by atoms with Crippen molar-refractivity contribution in [2.24, 2.45) is 11.7 Å². The number of hydrogen-bond donors (Lipinski definition) is 2. The van der Waals surface area contributed by atoms with Gasteiger partial charge in [0.15, 0.2) is 0 Å². The smallest absolute Gasteiger partial charge is 0.224 e. The Morgan fingerprint density at radius 1 is 1.04 bits per heavy atom. The van der Waals surface area contributed by atoms with Gasteiger partial charge < -0.3 is 15.8 Å². The second kappa shape index (κ2) is 9.18. The number of ether oxygens (including phenoxy) is 1. The Morgan fingerprint density at radius 3 is 2.17 bits per heavy atom. The van der Waals surface area contributed by atoms with Crippen LogP contribution in [0.2, 0.25) is 0 Å². The van der Waals surface area contributed by atoms with E-state index in [4.69, 9.17) is 10.5 Å². The number of hydrogen-bond acceptors (Lipinski definition) is 3. The van der Waals surface area contributed by atoms with Crippen LogP contribution in [0, 0.1) is 5.92 Å². The molecule has 0 fully saturated rings. The summed E-state index contributed by atoms with van der Waals surface area (Å²) in [5.74, 6) is 1.36. The molecule has 2 rings (SSSR count). The number of rotatable bonds is 6. The van der Waals surface area contributed by atoms with Crippen molar-refractivity contribution in [3.8, 4) is 11.5 Å². The minimum absolute atomic E-state index is 0. The van der Waals surface area contributed by atoms with Crippen LogP contribution < -0.4 is 15.8 Å². The lowest BCUT2D eigenvalue weighted by molar-refractivity contribution is -0.124. The molecule has 2 unspecified atom stereocenters. The monoisotopic (exact) mass is 334 g/mol. The topological polar surface area (TPSA) is 64.4 Å². The second-order valence-corrected chi connectivity index (χ2v) is 5.35. The minimum atomic E-state index is -0.178. The predicted molar refractivity (Wildman–Crippen MR) is 95.0 cm³/mol. The van der Waals surface area contributed by atoms with Crippen LogP contribution in [0.4, 0.5) is 0 Å². The molecule has 0 saturated heterocycles. The molecule has 5 heteroatoms. The highest BCUT2D eigenvalue weighted by Crippen LogP contribution is 2.23. The van der Waals surface area contributed by atoms with E-state index in [0.717, 1.165) is 17.1 Å². The van der Waals surface area contributed by atoms with E-state index in [0.29, 0.717) is 6.54 Å². The average molecular weight is 335 g/mol. The zero-order chi connectivity index (χ0) is 15.9. The Kier molecular flexibility index (Phi) is 7.59. The molecule has 0 radical (unpaired) electrons. The Bertz CT molecular complexity index is 602. The van der Waals surface area contributed by atoms with Gasteiger partial charge >= 0.3 is 0 Å². The van der Waals surface area contributed by atoms with Crippen LogP contribution in [-0.4, -0.2) is 12.5 Å². The molecule has 3 N–H and O–H groups in total. The summed E-state index contributed by atoms with van der Waals surface area (Å²) in [6.07, 6.45) is 0. The van der Waals surface area contributed by atoms with Crippen LogP contribution in [0.1, 0.15) is 25.5 Å². The molecular weight excluding hydrogens is 312 g/mol. The van der Waals surface area contributed by atoms with E-state index in [-0.39, 0.29) is 30.3 Å². The van der Waals surface area contributed by atoms with Gasteiger partial charge in [0.25, 0.3) is 0 Å². The van der Waals surface area contributed by atoms with Crippen LogP contribution in [0.25, 0.3) is 0 Å². The summed E-state index contributed by atoms with van der Waals surface area (Å²) >= 11 is 0. The summed E-state index contributed by atoms with van der Waals surface area (Å²) in [6.45, 7) is 4.12. The standard InChI is InChI=1S/C18H22N2O2.ClH/c1-13(12-19)18(21)20-14(2)15-8-10-17(11-9-15)22-16-6-4-3-5-7-16;/h3-11,13-14H,12,19H2,1-2H3,(H,20,21);1H. The molecule has 0 aromatic heterocycles. The number of carbonyl (C=O) groups excluding carboxylic acids is 1. The van der Waals surface area contributed by atoms with Crippen molar-refractivity contribution in [2.75, 3.05) is 6.54 Å². The highest BCUT2D eigenvalue weighted by atomic mass is 35.5. The van der Waals surface area contributed by atoms with Gasteiger partial charge in [-0.25, -0.2) is 0 Å². The van der Waals surface area contributed by atoms with Crippen molar-refractivity contribution in [1.82, 2.24) is 5.32 Å². The minimum Gasteiger partial charge on any atom is -0.457 e. The van der Waals surface area contributed by atoms with Gasteiger partial charge in [-0.15, -0.1) is 12.4 Å². The molecule has 4 nitrogen and oxygen atoms in total. The zero-order valence-electron chi connectivity index (χ0n) is 13.4. The van der Waals surface area contributed by atoms with E-state index in [1.165, 1.54) is 0 Å². The number of amides is 1. The number of benzene rings is 2. The zero-order valence-corrected chi connectivity index (χ0v) is 14.2. The number of halogens is 1. The van der Waals surface area contributed by atoms with Gasteiger partial charge in [0.2, 0.25) is 5.91 Å². The molecule has 124 valence electrons. The Morgan fingerprint density at radius 2 is 1.61 bits per heavy atom. The van der Waals surface area contributed by atoms with Gasteiger partial charge in [-0.2, -0.15) is 0 Å². The van der Waals surface area contributed by atoms with Crippen molar-refractivity contribution in [3.05, 3.63) is 60.2 Å². The van der Waals surface area contributed by atoms with Crippen molar-refractivity contribution in [2.45, 2.75) is 19.9 Å². The summed E-state index contributed by atoms with van der Waals surface area (Å²) in [6, 6.07) is 17.3. The molecule has 2 aromatic rings. The van der Waals surface area contributed by atoms with Crippen LogP contribution in [0.15, 0.2) is 54.6 Å². The fourth-order valence-electron chi connectivity index (χ4n) is 2.00. The molecule has 0 saturated carbocycles. The van der Waals surface area contributed by atoms with Crippen LogP contribution in [0.3, 0.4) is 0 Å². The highest BCUT2D eigenvalue weighted by molar-refractivity contribution is 5.85. The maximum absolute atomic E-state index is 11.9. The van der Waals surface area contributed by atoms with E-state index in [1.807, 2.05) is 68.4 Å². The molecule has 0 spiro atoms. The Hall–Kier alpha value is -2.04. The quantitative estimate of drug-likeness (QED) is 0.847.